The third kappa shape index (κ3) is 5.22. The molecule has 2 aromatic carbocycles. The van der Waals surface area contributed by atoms with Gasteiger partial charge in [-0.15, -0.1) is 5.10 Å². The molecule has 2 saturated heterocycles. The van der Waals surface area contributed by atoms with Gasteiger partial charge in [-0.05, 0) is 51.0 Å². The van der Waals surface area contributed by atoms with Crippen molar-refractivity contribution in [1.29, 1.82) is 0 Å². The van der Waals surface area contributed by atoms with Crippen LogP contribution in [0.3, 0.4) is 0 Å². The molecule has 5 rings (SSSR count). The molecule has 2 fully saturated rings. The molecule has 12 heteroatoms. The lowest BCUT2D eigenvalue weighted by molar-refractivity contribution is 0.0375. The molecule has 2 aliphatic heterocycles. The van der Waals surface area contributed by atoms with Crippen molar-refractivity contribution in [3.05, 3.63) is 75.0 Å². The molecule has 9 nitrogen and oxygen atoms in total. The summed E-state index contributed by atoms with van der Waals surface area (Å²) >= 11 is 3.55. The maximum atomic E-state index is 14.7. The quantitative estimate of drug-likeness (QED) is 0.442. The molecule has 3 aromatic rings. The lowest BCUT2D eigenvalue weighted by atomic mass is 9.97. The molecule has 0 spiro atoms. The summed E-state index contributed by atoms with van der Waals surface area (Å²) in [5, 5.41) is 11.5. The Labute approximate surface area is 240 Å². The van der Waals surface area contributed by atoms with Gasteiger partial charge in [-0.2, -0.15) is 0 Å². The standard InChI is InChI=1S/C28H32BrF2N7O2/c1-17-13-19(5-6-21(17)29)18(2)38-16-25(33-34-38)28(3,4)36-11-9-35(10-12-36)26(39)20-14-24(23(31)15-22(20)30)37-8-7-32-27(37)40/h5-6,13-16,18H,7-12H2,1-4H3,(H,32,40)/t18-/m0/s1. The van der Waals surface area contributed by atoms with Gasteiger partial charge < -0.3 is 10.2 Å². The first kappa shape index (κ1) is 28.2. The second kappa shape index (κ2) is 10.9. The monoisotopic (exact) mass is 615 g/mol. The zero-order valence-corrected chi connectivity index (χ0v) is 24.5. The van der Waals surface area contributed by atoms with Crippen molar-refractivity contribution in [1.82, 2.24) is 30.1 Å². The zero-order chi connectivity index (χ0) is 28.8. The number of carbonyl (C=O) groups is 2. The van der Waals surface area contributed by atoms with Gasteiger partial charge >= 0.3 is 6.03 Å². The Morgan fingerprint density at radius 3 is 2.45 bits per heavy atom. The topological polar surface area (TPSA) is 86.6 Å². The summed E-state index contributed by atoms with van der Waals surface area (Å²) in [4.78, 5) is 30.2. The number of rotatable bonds is 6. The van der Waals surface area contributed by atoms with Crippen LogP contribution in [0.1, 0.15) is 54.0 Å². The lowest BCUT2D eigenvalue weighted by Crippen LogP contribution is -2.54. The fourth-order valence-corrected chi connectivity index (χ4v) is 5.48. The van der Waals surface area contributed by atoms with Crippen LogP contribution in [0, 0.1) is 18.6 Å². The summed E-state index contributed by atoms with van der Waals surface area (Å²) in [6.07, 6.45) is 1.96. The second-order valence-electron chi connectivity index (χ2n) is 10.8. The van der Waals surface area contributed by atoms with Crippen LogP contribution in [0.5, 0.6) is 0 Å². The van der Waals surface area contributed by atoms with Crippen molar-refractivity contribution in [2.45, 2.75) is 39.3 Å². The van der Waals surface area contributed by atoms with E-state index in [2.05, 4.69) is 76.3 Å². The van der Waals surface area contributed by atoms with Crippen LogP contribution in [0.4, 0.5) is 19.3 Å². The molecule has 0 unspecified atom stereocenters. The van der Waals surface area contributed by atoms with Gasteiger partial charge in [0.1, 0.15) is 17.3 Å². The molecule has 1 atom stereocenters. The fourth-order valence-electron chi connectivity index (χ4n) is 5.24. The van der Waals surface area contributed by atoms with Crippen molar-refractivity contribution >= 4 is 33.6 Å². The minimum absolute atomic E-state index is 0.000417. The average molecular weight is 617 g/mol. The zero-order valence-electron chi connectivity index (χ0n) is 22.9. The summed E-state index contributed by atoms with van der Waals surface area (Å²) in [6.45, 7) is 10.7. The molecule has 0 saturated carbocycles. The third-order valence-corrected chi connectivity index (χ3v) is 8.86. The number of piperazine rings is 1. The van der Waals surface area contributed by atoms with Crippen LogP contribution in [-0.4, -0.2) is 76.0 Å². The Hall–Kier alpha value is -3.38. The summed E-state index contributed by atoms with van der Waals surface area (Å²) in [6, 6.07) is 7.57. The second-order valence-corrected chi connectivity index (χ2v) is 11.6. The summed E-state index contributed by atoms with van der Waals surface area (Å²) in [5.74, 6) is -2.35. The summed E-state index contributed by atoms with van der Waals surface area (Å²) < 4.78 is 32.1. The van der Waals surface area contributed by atoms with Crippen LogP contribution < -0.4 is 10.2 Å². The summed E-state index contributed by atoms with van der Waals surface area (Å²) in [7, 11) is 0. The van der Waals surface area contributed by atoms with E-state index in [9.17, 15) is 18.4 Å². The van der Waals surface area contributed by atoms with Crippen molar-refractivity contribution in [2.75, 3.05) is 44.2 Å². The van der Waals surface area contributed by atoms with Gasteiger partial charge in [0, 0.05) is 49.8 Å². The maximum absolute atomic E-state index is 14.7. The van der Waals surface area contributed by atoms with Crippen LogP contribution >= 0.6 is 15.9 Å². The first-order chi connectivity index (χ1) is 19.0. The Balaban J connectivity index is 1.27. The van der Waals surface area contributed by atoms with E-state index in [4.69, 9.17) is 0 Å². The number of amides is 3. The molecule has 0 aliphatic carbocycles. The number of aryl methyl sites for hydroxylation is 1. The highest BCUT2D eigenvalue weighted by molar-refractivity contribution is 9.10. The number of carbonyl (C=O) groups excluding carboxylic acids is 2. The van der Waals surface area contributed by atoms with Gasteiger partial charge in [0.05, 0.1) is 29.0 Å². The Kier molecular flexibility index (Phi) is 7.66. The molecule has 2 aliphatic rings. The van der Waals surface area contributed by atoms with Crippen LogP contribution in [0.15, 0.2) is 41.0 Å². The molecule has 1 aromatic heterocycles. The van der Waals surface area contributed by atoms with E-state index in [-0.39, 0.29) is 23.8 Å². The highest BCUT2D eigenvalue weighted by Gasteiger charge is 2.36. The highest BCUT2D eigenvalue weighted by Crippen LogP contribution is 2.30. The number of urea groups is 1. The molecule has 1 N–H and O–H groups in total. The predicted octanol–water partition coefficient (Wildman–Crippen LogP) is 4.46. The molecule has 3 heterocycles. The summed E-state index contributed by atoms with van der Waals surface area (Å²) in [5.41, 5.74) is 2.28. The smallest absolute Gasteiger partial charge is 0.322 e. The van der Waals surface area contributed by atoms with E-state index in [1.165, 1.54) is 4.90 Å². The maximum Gasteiger partial charge on any atom is 0.322 e. The SMILES string of the molecule is Cc1cc([C@H](C)n2cc(C(C)(C)N3CCN(C(=O)c4cc(N5CCNC5=O)c(F)cc4F)CC3)nn2)ccc1Br. The van der Waals surface area contributed by atoms with Gasteiger partial charge in [0.2, 0.25) is 0 Å². The minimum atomic E-state index is -0.944. The van der Waals surface area contributed by atoms with E-state index in [1.54, 1.807) is 4.90 Å². The van der Waals surface area contributed by atoms with E-state index in [0.29, 0.717) is 38.8 Å². The number of nitrogens with one attached hydrogen (secondary N) is 1. The van der Waals surface area contributed by atoms with Gasteiger partial charge in [-0.25, -0.2) is 18.3 Å². The average Bonchev–Trinajstić information content (AvgIpc) is 3.60. The van der Waals surface area contributed by atoms with Gasteiger partial charge in [-0.3, -0.25) is 14.6 Å². The number of nitrogens with zero attached hydrogens (tertiary/aromatic N) is 6. The highest BCUT2D eigenvalue weighted by atomic mass is 79.9. The van der Waals surface area contributed by atoms with E-state index < -0.39 is 29.1 Å². The number of benzene rings is 2. The van der Waals surface area contributed by atoms with E-state index >= 15 is 0 Å². The van der Waals surface area contributed by atoms with E-state index in [1.807, 2.05) is 16.9 Å². The van der Waals surface area contributed by atoms with Gasteiger partial charge in [-0.1, -0.05) is 33.3 Å². The molecule has 212 valence electrons. The molecule has 0 radical (unpaired) electrons. The fraction of sp³-hybridized carbons (Fsp3) is 0.429. The first-order valence-corrected chi connectivity index (χ1v) is 14.0. The van der Waals surface area contributed by atoms with Gasteiger partial charge in [0.25, 0.3) is 5.91 Å². The van der Waals surface area contributed by atoms with Crippen LogP contribution in [0.2, 0.25) is 0 Å². The molecular formula is C28H32BrF2N7O2. The molecular weight excluding hydrogens is 584 g/mol. The normalized spacial score (nSPS) is 17.3. The Morgan fingerprint density at radius 2 is 1.80 bits per heavy atom. The van der Waals surface area contributed by atoms with E-state index in [0.717, 1.165) is 27.4 Å². The third-order valence-electron chi connectivity index (χ3n) is 7.97. The number of anilines is 1. The number of halogens is 3. The first-order valence-electron chi connectivity index (χ1n) is 13.2. The van der Waals surface area contributed by atoms with Crippen molar-refractivity contribution in [3.8, 4) is 0 Å². The number of hydrogen-bond donors (Lipinski definition) is 1. The molecule has 0 bridgehead atoms. The Bertz CT molecular complexity index is 1450. The van der Waals surface area contributed by atoms with Gasteiger partial charge in [0.15, 0.2) is 0 Å². The predicted molar refractivity (Wildman–Crippen MR) is 150 cm³/mol. The molecule has 40 heavy (non-hydrogen) atoms. The van der Waals surface area contributed by atoms with Crippen molar-refractivity contribution in [3.63, 3.8) is 0 Å². The number of hydrogen-bond acceptors (Lipinski definition) is 5. The lowest BCUT2D eigenvalue weighted by Gasteiger charge is -2.43. The largest absolute Gasteiger partial charge is 0.336 e. The van der Waals surface area contributed by atoms with Crippen LogP contribution in [-0.2, 0) is 5.54 Å². The molecule has 3 amide bonds. The number of aromatic nitrogens is 3. The minimum Gasteiger partial charge on any atom is -0.336 e. The van der Waals surface area contributed by atoms with Crippen molar-refractivity contribution < 1.29 is 18.4 Å². The Morgan fingerprint density at radius 1 is 1.07 bits per heavy atom. The van der Waals surface area contributed by atoms with Crippen molar-refractivity contribution in [2.24, 2.45) is 0 Å². The van der Waals surface area contributed by atoms with Crippen LogP contribution in [0.25, 0.3) is 0 Å².